The fourth-order valence-electron chi connectivity index (χ4n) is 4.35. The number of fused-ring (bicyclic) bond motifs is 1. The molecule has 0 radical (unpaired) electrons. The number of halogens is 4. The Balaban J connectivity index is 1.43. The third-order valence-electron chi connectivity index (χ3n) is 5.91. The molecule has 2 aliphatic rings. The Morgan fingerprint density at radius 2 is 1.53 bits per heavy atom. The smallest absolute Gasteiger partial charge is 0.159 e. The molecule has 2 aromatic carbocycles. The number of ether oxygens (including phenoxy) is 2. The van der Waals surface area contributed by atoms with Gasteiger partial charge in [-0.2, -0.15) is 0 Å². The van der Waals surface area contributed by atoms with Crippen LogP contribution >= 0.6 is 0 Å². The highest BCUT2D eigenvalue weighted by Crippen LogP contribution is 2.36. The van der Waals surface area contributed by atoms with Crippen molar-refractivity contribution < 1.29 is 27.0 Å². The molecule has 1 fully saturated rings. The summed E-state index contributed by atoms with van der Waals surface area (Å²) in [5.74, 6) is -2.96. The van der Waals surface area contributed by atoms with Crippen LogP contribution < -0.4 is 4.74 Å². The molecule has 2 aromatic rings. The lowest BCUT2D eigenvalue weighted by molar-refractivity contribution is 0.0199. The van der Waals surface area contributed by atoms with E-state index < -0.39 is 23.3 Å². The van der Waals surface area contributed by atoms with E-state index in [1.54, 1.807) is 0 Å². The number of hydrogen-bond acceptors (Lipinski definition) is 2. The van der Waals surface area contributed by atoms with Gasteiger partial charge in [0.15, 0.2) is 11.6 Å². The molecular formula is C24H24F4O2. The quantitative estimate of drug-likeness (QED) is 0.510. The van der Waals surface area contributed by atoms with Crippen molar-refractivity contribution in [1.29, 1.82) is 0 Å². The van der Waals surface area contributed by atoms with Crippen molar-refractivity contribution in [3.8, 4) is 5.75 Å². The van der Waals surface area contributed by atoms with Crippen LogP contribution in [0.3, 0.4) is 0 Å². The molecule has 160 valence electrons. The third kappa shape index (κ3) is 4.38. The van der Waals surface area contributed by atoms with Gasteiger partial charge in [-0.25, -0.2) is 17.6 Å². The summed E-state index contributed by atoms with van der Waals surface area (Å²) in [7, 11) is 0. The molecule has 2 nitrogen and oxygen atoms in total. The van der Waals surface area contributed by atoms with Crippen LogP contribution in [0.1, 0.15) is 49.3 Å². The van der Waals surface area contributed by atoms with E-state index in [9.17, 15) is 17.6 Å². The van der Waals surface area contributed by atoms with Gasteiger partial charge >= 0.3 is 0 Å². The Morgan fingerprint density at radius 3 is 2.20 bits per heavy atom. The van der Waals surface area contributed by atoms with E-state index in [0.29, 0.717) is 41.9 Å². The minimum Gasteiger partial charge on any atom is -0.493 e. The lowest BCUT2D eigenvalue weighted by atomic mass is 9.88. The van der Waals surface area contributed by atoms with Gasteiger partial charge < -0.3 is 9.47 Å². The zero-order valence-electron chi connectivity index (χ0n) is 16.8. The van der Waals surface area contributed by atoms with E-state index in [4.69, 9.17) is 9.47 Å². The van der Waals surface area contributed by atoms with Crippen molar-refractivity contribution >= 4 is 11.6 Å². The summed E-state index contributed by atoms with van der Waals surface area (Å²) in [6.45, 7) is 3.10. The summed E-state index contributed by atoms with van der Waals surface area (Å²) in [5.41, 5.74) is 1.11. The molecule has 0 heterocycles. The molecule has 0 aromatic heterocycles. The van der Waals surface area contributed by atoms with Gasteiger partial charge in [0.2, 0.25) is 0 Å². The van der Waals surface area contributed by atoms with Crippen LogP contribution in [-0.4, -0.2) is 19.3 Å². The number of hydrogen-bond donors (Lipinski definition) is 0. The number of allylic oxidation sites excluding steroid dienone is 1. The van der Waals surface area contributed by atoms with Gasteiger partial charge in [-0.1, -0.05) is 6.08 Å². The van der Waals surface area contributed by atoms with Crippen molar-refractivity contribution in [2.75, 3.05) is 13.2 Å². The predicted molar refractivity (Wildman–Crippen MR) is 107 cm³/mol. The molecule has 4 rings (SSSR count). The van der Waals surface area contributed by atoms with Gasteiger partial charge in [0.05, 0.1) is 12.7 Å². The molecule has 0 amide bonds. The van der Waals surface area contributed by atoms with Crippen LogP contribution in [0.4, 0.5) is 17.6 Å². The van der Waals surface area contributed by atoms with Crippen molar-refractivity contribution in [3.05, 3.63) is 64.2 Å². The highest BCUT2D eigenvalue weighted by Gasteiger charge is 2.24. The molecular weight excluding hydrogens is 396 g/mol. The standard InChI is InChI=1S/C24H24F4O2/c1-2-29-18-5-3-14(4-6-18)13-30-19-11-22(27)24(23(28)12-19)17-7-15-9-20(25)21(26)10-16(15)8-17/h7,9-12,14,18H,2-6,8,13H2,1H3. The predicted octanol–water partition coefficient (Wildman–Crippen LogP) is 6.31. The maximum absolute atomic E-state index is 14.7. The minimum absolute atomic E-state index is 0.143. The van der Waals surface area contributed by atoms with Gasteiger partial charge in [0.1, 0.15) is 17.4 Å². The third-order valence-corrected chi connectivity index (χ3v) is 5.91. The first-order chi connectivity index (χ1) is 14.4. The Hall–Kier alpha value is -2.34. The van der Waals surface area contributed by atoms with Gasteiger partial charge in [-0.15, -0.1) is 0 Å². The van der Waals surface area contributed by atoms with E-state index in [1.807, 2.05) is 6.92 Å². The molecule has 0 bridgehead atoms. The molecule has 6 heteroatoms. The fraction of sp³-hybridized carbons (Fsp3) is 0.417. The topological polar surface area (TPSA) is 18.5 Å². The molecule has 0 saturated heterocycles. The van der Waals surface area contributed by atoms with E-state index in [-0.39, 0.29) is 17.7 Å². The Kier molecular flexibility index (Phi) is 6.14. The van der Waals surface area contributed by atoms with Crippen molar-refractivity contribution in [3.63, 3.8) is 0 Å². The van der Waals surface area contributed by atoms with Gasteiger partial charge in [-0.3, -0.25) is 0 Å². The van der Waals surface area contributed by atoms with Gasteiger partial charge in [0.25, 0.3) is 0 Å². The second kappa shape index (κ2) is 8.80. The lowest BCUT2D eigenvalue weighted by Crippen LogP contribution is -2.25. The molecule has 2 aliphatic carbocycles. The Bertz CT molecular complexity index is 939. The van der Waals surface area contributed by atoms with Crippen molar-refractivity contribution in [2.24, 2.45) is 5.92 Å². The summed E-state index contributed by atoms with van der Waals surface area (Å²) in [5, 5.41) is 0. The first-order valence-corrected chi connectivity index (χ1v) is 10.4. The van der Waals surface area contributed by atoms with E-state index in [1.165, 1.54) is 18.2 Å². The second-order valence-corrected chi connectivity index (χ2v) is 7.98. The van der Waals surface area contributed by atoms with Crippen molar-refractivity contribution in [2.45, 2.75) is 45.1 Å². The van der Waals surface area contributed by atoms with Crippen LogP contribution in [0.25, 0.3) is 11.6 Å². The van der Waals surface area contributed by atoms with Crippen LogP contribution in [0.5, 0.6) is 5.75 Å². The molecule has 0 atom stereocenters. The van der Waals surface area contributed by atoms with Crippen LogP contribution in [0.2, 0.25) is 0 Å². The molecule has 0 spiro atoms. The Labute approximate surface area is 173 Å². The normalized spacial score (nSPS) is 20.8. The molecule has 30 heavy (non-hydrogen) atoms. The minimum atomic E-state index is -0.980. The highest BCUT2D eigenvalue weighted by molar-refractivity contribution is 5.89. The zero-order chi connectivity index (χ0) is 21.3. The summed E-state index contributed by atoms with van der Waals surface area (Å²) in [6.07, 6.45) is 5.81. The second-order valence-electron chi connectivity index (χ2n) is 7.98. The summed E-state index contributed by atoms with van der Waals surface area (Å²) < 4.78 is 67.6. The maximum atomic E-state index is 14.7. The molecule has 0 N–H and O–H groups in total. The molecule has 0 aliphatic heterocycles. The number of benzene rings is 2. The zero-order valence-corrected chi connectivity index (χ0v) is 16.8. The number of rotatable bonds is 6. The van der Waals surface area contributed by atoms with Crippen LogP contribution in [-0.2, 0) is 11.2 Å². The van der Waals surface area contributed by atoms with Gasteiger partial charge in [0, 0.05) is 24.3 Å². The SMILES string of the molecule is CCOC1CCC(COc2cc(F)c(C3=Cc4cc(F)c(F)cc4C3)c(F)c2)CC1. The monoisotopic (exact) mass is 420 g/mol. The van der Waals surface area contributed by atoms with Crippen LogP contribution in [0, 0.1) is 29.2 Å². The molecule has 1 saturated carbocycles. The Morgan fingerprint density at radius 1 is 0.867 bits per heavy atom. The lowest BCUT2D eigenvalue weighted by Gasteiger charge is -2.28. The largest absolute Gasteiger partial charge is 0.493 e. The molecule has 0 unspecified atom stereocenters. The van der Waals surface area contributed by atoms with E-state index in [0.717, 1.165) is 37.8 Å². The highest BCUT2D eigenvalue weighted by atomic mass is 19.2. The van der Waals surface area contributed by atoms with Crippen molar-refractivity contribution in [1.82, 2.24) is 0 Å². The summed E-state index contributed by atoms with van der Waals surface area (Å²) in [4.78, 5) is 0. The average Bonchev–Trinajstić information content (AvgIpc) is 3.09. The van der Waals surface area contributed by atoms with Crippen LogP contribution in [0.15, 0.2) is 24.3 Å². The van der Waals surface area contributed by atoms with Gasteiger partial charge in [-0.05, 0) is 73.8 Å². The average molecular weight is 420 g/mol. The first kappa shape index (κ1) is 20.9. The fourth-order valence-corrected chi connectivity index (χ4v) is 4.35. The summed E-state index contributed by atoms with van der Waals surface area (Å²) >= 11 is 0. The van der Waals surface area contributed by atoms with E-state index in [2.05, 4.69) is 0 Å². The first-order valence-electron chi connectivity index (χ1n) is 10.4. The summed E-state index contributed by atoms with van der Waals surface area (Å²) in [6, 6.07) is 4.47. The maximum Gasteiger partial charge on any atom is 0.159 e. The van der Waals surface area contributed by atoms with E-state index >= 15 is 0 Å².